The van der Waals surface area contributed by atoms with Gasteiger partial charge in [0, 0.05) is 12.5 Å². The van der Waals surface area contributed by atoms with E-state index in [4.69, 9.17) is 14.2 Å². The van der Waals surface area contributed by atoms with Crippen molar-refractivity contribution in [2.45, 2.75) is 25.0 Å². The van der Waals surface area contributed by atoms with E-state index in [9.17, 15) is 9.90 Å². The third-order valence-corrected chi connectivity index (χ3v) is 6.70. The molecule has 2 atom stereocenters. The lowest BCUT2D eigenvalue weighted by atomic mass is 9.87. The minimum absolute atomic E-state index is 0. The molecule has 7 heteroatoms. The summed E-state index contributed by atoms with van der Waals surface area (Å²) in [6.07, 6.45) is 1.10. The summed E-state index contributed by atoms with van der Waals surface area (Å²) >= 11 is 0. The number of phenols is 1. The highest BCUT2D eigenvalue weighted by molar-refractivity contribution is 5.89. The summed E-state index contributed by atoms with van der Waals surface area (Å²) in [5.74, 6) is 0.698. The van der Waals surface area contributed by atoms with Gasteiger partial charge in [-0.3, -0.25) is 0 Å². The highest BCUT2D eigenvalue weighted by Crippen LogP contribution is 2.30. The molecule has 1 saturated heterocycles. The molecule has 0 amide bonds. The Hall–Kier alpha value is -3.58. The van der Waals surface area contributed by atoms with Gasteiger partial charge in [0.15, 0.2) is 0 Å². The molecule has 0 aliphatic carbocycles. The summed E-state index contributed by atoms with van der Waals surface area (Å²) in [6.45, 7) is 2.76. The number of carbonyl (C=O) groups is 1. The summed E-state index contributed by atoms with van der Waals surface area (Å²) in [6, 6.07) is 28.9. The Labute approximate surface area is 229 Å². The van der Waals surface area contributed by atoms with Crippen molar-refractivity contribution in [3.63, 3.8) is 0 Å². The molecule has 1 fully saturated rings. The van der Waals surface area contributed by atoms with Crippen LogP contribution in [0, 0.1) is 0 Å². The third kappa shape index (κ3) is 7.04. The molecule has 4 aromatic carbocycles. The van der Waals surface area contributed by atoms with Crippen molar-refractivity contribution in [1.82, 2.24) is 5.32 Å². The minimum atomic E-state index is -0.445. The fourth-order valence-corrected chi connectivity index (χ4v) is 4.70. The van der Waals surface area contributed by atoms with Gasteiger partial charge in [-0.2, -0.15) is 0 Å². The zero-order valence-electron chi connectivity index (χ0n) is 21.0. The first-order valence-electron chi connectivity index (χ1n) is 12.6. The van der Waals surface area contributed by atoms with E-state index in [-0.39, 0.29) is 37.5 Å². The molecule has 198 valence electrons. The standard InChI is InChI=1S/C31H31NO5.ClH/c33-27-11-7-25(8-12-27)31(34)36-18-17-35-28-13-9-24(10-14-28)29-15-16-32-20-30(29)37-21-22-5-6-23-3-1-2-4-26(23)19-22;/h1-14,19,29-30,32-33H,15-18,20-21H2;1H. The summed E-state index contributed by atoms with van der Waals surface area (Å²) < 4.78 is 17.4. The number of piperidine rings is 1. The van der Waals surface area contributed by atoms with E-state index in [2.05, 4.69) is 59.9 Å². The number of rotatable bonds is 9. The highest BCUT2D eigenvalue weighted by Gasteiger charge is 2.27. The first-order chi connectivity index (χ1) is 18.2. The second-order valence-electron chi connectivity index (χ2n) is 9.23. The van der Waals surface area contributed by atoms with E-state index in [0.29, 0.717) is 18.1 Å². The molecule has 6 nitrogen and oxygen atoms in total. The van der Waals surface area contributed by atoms with Gasteiger partial charge in [-0.1, -0.05) is 48.5 Å². The summed E-state index contributed by atoms with van der Waals surface area (Å²) in [5, 5.41) is 15.3. The van der Waals surface area contributed by atoms with Crippen molar-refractivity contribution >= 4 is 29.1 Å². The van der Waals surface area contributed by atoms with Crippen molar-refractivity contribution < 1.29 is 24.1 Å². The van der Waals surface area contributed by atoms with E-state index in [1.165, 1.54) is 46.2 Å². The molecule has 0 radical (unpaired) electrons. The predicted molar refractivity (Wildman–Crippen MR) is 150 cm³/mol. The Morgan fingerprint density at radius 3 is 2.45 bits per heavy atom. The Balaban J connectivity index is 0.00000336. The molecule has 0 spiro atoms. The first-order valence-corrected chi connectivity index (χ1v) is 12.6. The molecule has 38 heavy (non-hydrogen) atoms. The quantitative estimate of drug-likeness (QED) is 0.207. The lowest BCUT2D eigenvalue weighted by molar-refractivity contribution is 0.0106. The Kier molecular flexibility index (Phi) is 9.60. The van der Waals surface area contributed by atoms with E-state index in [1.807, 2.05) is 12.1 Å². The molecule has 1 heterocycles. The van der Waals surface area contributed by atoms with Crippen molar-refractivity contribution in [1.29, 1.82) is 0 Å². The van der Waals surface area contributed by atoms with Crippen LogP contribution in [0.3, 0.4) is 0 Å². The summed E-state index contributed by atoms with van der Waals surface area (Å²) in [4.78, 5) is 12.0. The van der Waals surface area contributed by atoms with Gasteiger partial charge in [0.05, 0.1) is 18.3 Å². The smallest absolute Gasteiger partial charge is 0.338 e. The van der Waals surface area contributed by atoms with E-state index < -0.39 is 5.97 Å². The van der Waals surface area contributed by atoms with Crippen LogP contribution in [-0.4, -0.2) is 43.5 Å². The number of esters is 1. The summed E-state index contributed by atoms with van der Waals surface area (Å²) in [7, 11) is 0. The number of nitrogens with one attached hydrogen (secondary N) is 1. The number of halogens is 1. The minimum Gasteiger partial charge on any atom is -0.508 e. The van der Waals surface area contributed by atoms with Gasteiger partial charge >= 0.3 is 5.97 Å². The topological polar surface area (TPSA) is 77.0 Å². The predicted octanol–water partition coefficient (Wildman–Crippen LogP) is 5.87. The van der Waals surface area contributed by atoms with Crippen LogP contribution in [0.4, 0.5) is 0 Å². The van der Waals surface area contributed by atoms with Crippen molar-refractivity contribution in [2.24, 2.45) is 0 Å². The van der Waals surface area contributed by atoms with Gasteiger partial charge in [-0.15, -0.1) is 12.4 Å². The van der Waals surface area contributed by atoms with Crippen LogP contribution in [0.15, 0.2) is 91.0 Å². The Bertz CT molecular complexity index is 1330. The number of aromatic hydroxyl groups is 1. The maximum atomic E-state index is 12.0. The Morgan fingerprint density at radius 2 is 1.66 bits per heavy atom. The Morgan fingerprint density at radius 1 is 0.895 bits per heavy atom. The number of hydrogen-bond donors (Lipinski definition) is 2. The fraction of sp³-hybridized carbons (Fsp3) is 0.258. The van der Waals surface area contributed by atoms with Crippen molar-refractivity contribution in [2.75, 3.05) is 26.3 Å². The maximum absolute atomic E-state index is 12.0. The molecule has 0 bridgehead atoms. The number of fused-ring (bicyclic) bond motifs is 1. The molecular weight excluding hydrogens is 502 g/mol. The first kappa shape index (κ1) is 27.5. The number of phenolic OH excluding ortho intramolecular Hbond substituents is 1. The molecule has 0 saturated carbocycles. The second-order valence-corrected chi connectivity index (χ2v) is 9.23. The average molecular weight is 534 g/mol. The molecular formula is C31H32ClNO5. The fourth-order valence-electron chi connectivity index (χ4n) is 4.70. The second kappa shape index (κ2) is 13.3. The zero-order valence-corrected chi connectivity index (χ0v) is 21.9. The molecule has 5 rings (SSSR count). The number of benzene rings is 4. The monoisotopic (exact) mass is 533 g/mol. The van der Waals surface area contributed by atoms with Crippen LogP contribution in [0.1, 0.15) is 33.8 Å². The number of carbonyl (C=O) groups excluding carboxylic acids is 1. The highest BCUT2D eigenvalue weighted by atomic mass is 35.5. The molecule has 2 unspecified atom stereocenters. The molecule has 0 aromatic heterocycles. The lowest BCUT2D eigenvalue weighted by Gasteiger charge is -2.32. The maximum Gasteiger partial charge on any atom is 0.338 e. The van der Waals surface area contributed by atoms with Crippen LogP contribution in [0.5, 0.6) is 11.5 Å². The van der Waals surface area contributed by atoms with E-state index in [1.54, 1.807) is 0 Å². The van der Waals surface area contributed by atoms with Crippen LogP contribution in [0.2, 0.25) is 0 Å². The molecule has 1 aliphatic heterocycles. The van der Waals surface area contributed by atoms with Gasteiger partial charge in [0.1, 0.15) is 24.7 Å². The molecule has 2 N–H and O–H groups in total. The number of hydrogen-bond acceptors (Lipinski definition) is 6. The van der Waals surface area contributed by atoms with Crippen molar-refractivity contribution in [3.05, 3.63) is 108 Å². The van der Waals surface area contributed by atoms with Crippen molar-refractivity contribution in [3.8, 4) is 11.5 Å². The molecule has 4 aromatic rings. The van der Waals surface area contributed by atoms with Gasteiger partial charge in [0.25, 0.3) is 0 Å². The van der Waals surface area contributed by atoms with Gasteiger partial charge in [-0.25, -0.2) is 4.79 Å². The van der Waals surface area contributed by atoms with Crippen LogP contribution in [-0.2, 0) is 16.1 Å². The SMILES string of the molecule is Cl.O=C(OCCOc1ccc(C2CCNCC2OCc2ccc3ccccc3c2)cc1)c1ccc(O)cc1. The third-order valence-electron chi connectivity index (χ3n) is 6.70. The normalized spacial score (nSPS) is 16.9. The lowest BCUT2D eigenvalue weighted by Crippen LogP contribution is -2.40. The largest absolute Gasteiger partial charge is 0.508 e. The van der Waals surface area contributed by atoms with Gasteiger partial charge in [-0.05, 0) is 77.3 Å². The van der Waals surface area contributed by atoms with Crippen LogP contribution < -0.4 is 10.1 Å². The van der Waals surface area contributed by atoms with Crippen LogP contribution in [0.25, 0.3) is 10.8 Å². The molecule has 1 aliphatic rings. The summed E-state index contributed by atoms with van der Waals surface area (Å²) in [5.41, 5.74) is 2.80. The van der Waals surface area contributed by atoms with Gasteiger partial charge in [0.2, 0.25) is 0 Å². The van der Waals surface area contributed by atoms with E-state index >= 15 is 0 Å². The zero-order chi connectivity index (χ0) is 25.5. The average Bonchev–Trinajstić information content (AvgIpc) is 2.95. The van der Waals surface area contributed by atoms with Crippen LogP contribution >= 0.6 is 12.4 Å². The van der Waals surface area contributed by atoms with E-state index in [0.717, 1.165) is 25.3 Å². The van der Waals surface area contributed by atoms with Gasteiger partial charge < -0.3 is 24.6 Å². The number of ether oxygens (including phenoxy) is 3.